The van der Waals surface area contributed by atoms with Crippen LogP contribution in [0.5, 0.6) is 0 Å². The first kappa shape index (κ1) is 11.5. The molecular formula is C13H13FN2O. The molecule has 0 radical (unpaired) electrons. The minimum atomic E-state index is -0.353. The molecular weight excluding hydrogens is 219 g/mol. The second-order valence-corrected chi connectivity index (χ2v) is 4.01. The van der Waals surface area contributed by atoms with Crippen LogP contribution in [0, 0.1) is 12.7 Å². The summed E-state index contributed by atoms with van der Waals surface area (Å²) in [7, 11) is 1.81. The molecule has 0 N–H and O–H groups in total. The number of Topliss-reactive ketones (excluding diaryl/α,β-unsaturated/α-hetero) is 1. The number of nitrogens with zero attached hydrogens (tertiary/aromatic N) is 2. The Bertz CT molecular complexity index is 587. The lowest BCUT2D eigenvalue weighted by atomic mass is 9.98. The topological polar surface area (TPSA) is 34.9 Å². The third-order valence-corrected chi connectivity index (χ3v) is 2.89. The fraction of sp³-hybridized carbons (Fsp3) is 0.231. The number of halogens is 1. The lowest BCUT2D eigenvalue weighted by Gasteiger charge is -2.06. The Morgan fingerprint density at radius 1 is 1.35 bits per heavy atom. The number of aromatic nitrogens is 2. The Hall–Kier alpha value is -1.97. The van der Waals surface area contributed by atoms with Crippen molar-refractivity contribution in [3.8, 4) is 11.1 Å². The van der Waals surface area contributed by atoms with E-state index in [4.69, 9.17) is 0 Å². The van der Waals surface area contributed by atoms with Crippen LogP contribution in [0.3, 0.4) is 0 Å². The van der Waals surface area contributed by atoms with Crippen molar-refractivity contribution in [2.24, 2.45) is 7.05 Å². The van der Waals surface area contributed by atoms with E-state index in [9.17, 15) is 9.18 Å². The van der Waals surface area contributed by atoms with Gasteiger partial charge < -0.3 is 0 Å². The summed E-state index contributed by atoms with van der Waals surface area (Å²) in [5, 5.41) is 4.11. The highest BCUT2D eigenvalue weighted by atomic mass is 19.1. The third kappa shape index (κ3) is 1.98. The van der Waals surface area contributed by atoms with Gasteiger partial charge in [0.2, 0.25) is 0 Å². The first-order chi connectivity index (χ1) is 8.00. The van der Waals surface area contributed by atoms with E-state index in [0.29, 0.717) is 11.1 Å². The molecule has 2 rings (SSSR count). The van der Waals surface area contributed by atoms with Crippen molar-refractivity contribution in [3.63, 3.8) is 0 Å². The van der Waals surface area contributed by atoms with E-state index in [2.05, 4.69) is 5.10 Å². The number of hydrogen-bond acceptors (Lipinski definition) is 2. The van der Waals surface area contributed by atoms with Crippen LogP contribution in [0.2, 0.25) is 0 Å². The summed E-state index contributed by atoms with van der Waals surface area (Å²) in [6, 6.07) is 4.19. The minimum absolute atomic E-state index is 0.0803. The van der Waals surface area contributed by atoms with E-state index in [1.807, 2.05) is 14.0 Å². The maximum atomic E-state index is 13.3. The predicted octanol–water partition coefficient (Wildman–Crippen LogP) is 2.74. The average Bonchev–Trinajstić information content (AvgIpc) is 2.59. The lowest BCUT2D eigenvalue weighted by molar-refractivity contribution is 0.101. The van der Waals surface area contributed by atoms with Gasteiger partial charge in [0.1, 0.15) is 5.82 Å². The van der Waals surface area contributed by atoms with Crippen molar-refractivity contribution >= 4 is 5.78 Å². The van der Waals surface area contributed by atoms with Crippen LogP contribution in [0.15, 0.2) is 24.4 Å². The second kappa shape index (κ2) is 4.13. The maximum Gasteiger partial charge on any atom is 0.160 e. The van der Waals surface area contributed by atoms with Crippen molar-refractivity contribution in [3.05, 3.63) is 41.5 Å². The summed E-state index contributed by atoms with van der Waals surface area (Å²) >= 11 is 0. The van der Waals surface area contributed by atoms with E-state index in [1.165, 1.54) is 25.1 Å². The molecule has 0 amide bonds. The molecule has 2 aromatic rings. The molecule has 1 heterocycles. The van der Waals surface area contributed by atoms with Gasteiger partial charge in [0, 0.05) is 23.9 Å². The zero-order valence-electron chi connectivity index (χ0n) is 9.99. The van der Waals surface area contributed by atoms with Crippen molar-refractivity contribution in [2.45, 2.75) is 13.8 Å². The van der Waals surface area contributed by atoms with Crippen LogP contribution in [-0.2, 0) is 7.05 Å². The molecule has 1 aromatic heterocycles. The smallest absolute Gasteiger partial charge is 0.160 e. The molecule has 0 bridgehead atoms. The molecule has 0 aliphatic carbocycles. The van der Waals surface area contributed by atoms with Crippen molar-refractivity contribution in [2.75, 3.05) is 0 Å². The fourth-order valence-corrected chi connectivity index (χ4v) is 1.81. The van der Waals surface area contributed by atoms with E-state index < -0.39 is 0 Å². The van der Waals surface area contributed by atoms with Crippen molar-refractivity contribution < 1.29 is 9.18 Å². The Labute approximate surface area is 98.9 Å². The second-order valence-electron chi connectivity index (χ2n) is 4.01. The Morgan fingerprint density at radius 3 is 2.59 bits per heavy atom. The first-order valence-electron chi connectivity index (χ1n) is 5.30. The monoisotopic (exact) mass is 232 g/mol. The largest absolute Gasteiger partial charge is 0.294 e. The maximum absolute atomic E-state index is 13.3. The summed E-state index contributed by atoms with van der Waals surface area (Å²) in [6.07, 6.45) is 1.65. The molecule has 88 valence electrons. The van der Waals surface area contributed by atoms with Crippen molar-refractivity contribution in [1.29, 1.82) is 0 Å². The van der Waals surface area contributed by atoms with Crippen LogP contribution in [0.1, 0.15) is 23.0 Å². The van der Waals surface area contributed by atoms with Gasteiger partial charge in [0.05, 0.1) is 6.20 Å². The van der Waals surface area contributed by atoms with Crippen LogP contribution in [-0.4, -0.2) is 15.6 Å². The van der Waals surface area contributed by atoms with Gasteiger partial charge in [-0.2, -0.15) is 5.10 Å². The molecule has 3 nitrogen and oxygen atoms in total. The van der Waals surface area contributed by atoms with Gasteiger partial charge in [0.15, 0.2) is 5.78 Å². The normalized spacial score (nSPS) is 10.6. The molecule has 0 unspecified atom stereocenters. The van der Waals surface area contributed by atoms with E-state index in [-0.39, 0.29) is 11.6 Å². The zero-order chi connectivity index (χ0) is 12.6. The first-order valence-corrected chi connectivity index (χ1v) is 5.30. The molecule has 0 fully saturated rings. The summed E-state index contributed by atoms with van der Waals surface area (Å²) in [6.45, 7) is 3.36. The SMILES string of the molecule is CC(=O)c1ccc(F)cc1-c1cnn(C)c1C. The summed E-state index contributed by atoms with van der Waals surface area (Å²) in [5.41, 5.74) is 2.81. The number of carbonyl (C=O) groups is 1. The minimum Gasteiger partial charge on any atom is -0.294 e. The quantitative estimate of drug-likeness (QED) is 0.746. The van der Waals surface area contributed by atoms with Gasteiger partial charge in [-0.3, -0.25) is 9.48 Å². The van der Waals surface area contributed by atoms with E-state index in [1.54, 1.807) is 10.9 Å². The van der Waals surface area contributed by atoms with Crippen LogP contribution >= 0.6 is 0 Å². The van der Waals surface area contributed by atoms with Crippen LogP contribution in [0.25, 0.3) is 11.1 Å². The molecule has 0 saturated heterocycles. The predicted molar refractivity (Wildman–Crippen MR) is 63.3 cm³/mol. The summed E-state index contributed by atoms with van der Waals surface area (Å²) in [5.74, 6) is -0.434. The highest BCUT2D eigenvalue weighted by Gasteiger charge is 2.14. The van der Waals surface area contributed by atoms with Gasteiger partial charge in [-0.25, -0.2) is 4.39 Å². The Balaban J connectivity index is 2.69. The molecule has 0 spiro atoms. The number of benzene rings is 1. The van der Waals surface area contributed by atoms with Gasteiger partial charge in [0.25, 0.3) is 0 Å². The number of hydrogen-bond donors (Lipinski definition) is 0. The Kier molecular flexibility index (Phi) is 2.79. The number of carbonyl (C=O) groups excluding carboxylic acids is 1. The van der Waals surface area contributed by atoms with Crippen molar-refractivity contribution in [1.82, 2.24) is 9.78 Å². The highest BCUT2D eigenvalue weighted by molar-refractivity contribution is 6.01. The molecule has 0 aliphatic rings. The molecule has 0 saturated carbocycles. The summed E-state index contributed by atoms with van der Waals surface area (Å²) in [4.78, 5) is 11.5. The van der Waals surface area contributed by atoms with Crippen LogP contribution in [0.4, 0.5) is 4.39 Å². The third-order valence-electron chi connectivity index (χ3n) is 2.89. The number of rotatable bonds is 2. The molecule has 17 heavy (non-hydrogen) atoms. The number of aryl methyl sites for hydroxylation is 1. The average molecular weight is 232 g/mol. The summed E-state index contributed by atoms with van der Waals surface area (Å²) < 4.78 is 15.0. The van der Waals surface area contributed by atoms with E-state index in [0.717, 1.165) is 11.3 Å². The van der Waals surface area contributed by atoms with Gasteiger partial charge in [-0.1, -0.05) is 0 Å². The van der Waals surface area contributed by atoms with Crippen LogP contribution < -0.4 is 0 Å². The molecule has 4 heteroatoms. The zero-order valence-corrected chi connectivity index (χ0v) is 9.99. The van der Waals surface area contributed by atoms with E-state index >= 15 is 0 Å². The van der Waals surface area contributed by atoms with Gasteiger partial charge in [-0.15, -0.1) is 0 Å². The molecule has 0 aliphatic heterocycles. The molecule has 1 aromatic carbocycles. The van der Waals surface area contributed by atoms with Gasteiger partial charge in [-0.05, 0) is 37.6 Å². The number of ketones is 1. The molecule has 0 atom stereocenters. The lowest BCUT2D eigenvalue weighted by Crippen LogP contribution is -1.98. The standard InChI is InChI=1S/C13H13FN2O/c1-8-13(7-15-16(8)3)12-6-10(14)4-5-11(12)9(2)17/h4-7H,1-3H3. The fourth-order valence-electron chi connectivity index (χ4n) is 1.81. The van der Waals surface area contributed by atoms with Gasteiger partial charge >= 0.3 is 0 Å². The highest BCUT2D eigenvalue weighted by Crippen LogP contribution is 2.27. The Morgan fingerprint density at radius 2 is 2.06 bits per heavy atom.